The molecule has 9 heteroatoms. The summed E-state index contributed by atoms with van der Waals surface area (Å²) in [6, 6.07) is 24.3. The highest BCUT2D eigenvalue weighted by molar-refractivity contribution is 7.92. The van der Waals surface area contributed by atoms with Crippen molar-refractivity contribution in [2.75, 3.05) is 24.3 Å². The molecule has 0 aliphatic heterocycles. The zero-order valence-corrected chi connectivity index (χ0v) is 21.5. The van der Waals surface area contributed by atoms with Gasteiger partial charge in [-0.1, -0.05) is 37.3 Å². The molecule has 37 heavy (non-hydrogen) atoms. The minimum Gasteiger partial charge on any atom is -0.497 e. The van der Waals surface area contributed by atoms with E-state index in [0.29, 0.717) is 29.4 Å². The Bertz CT molecular complexity index is 1500. The summed E-state index contributed by atoms with van der Waals surface area (Å²) < 4.78 is 44.7. The van der Waals surface area contributed by atoms with E-state index in [1.807, 2.05) is 49.4 Å². The molecule has 1 atom stereocenters. The second-order valence-corrected chi connectivity index (χ2v) is 9.89. The first-order valence-electron chi connectivity index (χ1n) is 11.6. The summed E-state index contributed by atoms with van der Waals surface area (Å²) in [5, 5.41) is 4.90. The maximum absolute atomic E-state index is 12.9. The molecule has 0 unspecified atom stereocenters. The quantitative estimate of drug-likeness (QED) is 0.288. The number of anilines is 2. The average molecular weight is 521 g/mol. The van der Waals surface area contributed by atoms with Crippen molar-refractivity contribution in [2.45, 2.75) is 24.3 Å². The van der Waals surface area contributed by atoms with Crippen LogP contribution >= 0.6 is 0 Å². The van der Waals surface area contributed by atoms with Crippen LogP contribution in [-0.4, -0.2) is 34.6 Å². The van der Waals surface area contributed by atoms with E-state index in [4.69, 9.17) is 14.2 Å². The summed E-state index contributed by atoms with van der Waals surface area (Å²) in [7, 11) is -0.946. The zero-order chi connectivity index (χ0) is 26.4. The Morgan fingerprint density at radius 1 is 0.838 bits per heavy atom. The Hall–Kier alpha value is -4.24. The minimum absolute atomic E-state index is 0.0304. The Labute approximate surface area is 216 Å². The largest absolute Gasteiger partial charge is 0.497 e. The van der Waals surface area contributed by atoms with Crippen molar-refractivity contribution >= 4 is 38.1 Å². The van der Waals surface area contributed by atoms with Crippen LogP contribution in [0.4, 0.5) is 11.4 Å². The van der Waals surface area contributed by atoms with Gasteiger partial charge < -0.3 is 19.5 Å². The lowest BCUT2D eigenvalue weighted by Gasteiger charge is -2.18. The van der Waals surface area contributed by atoms with Crippen molar-refractivity contribution in [2.24, 2.45) is 0 Å². The number of carbonyl (C=O) groups is 1. The third-order valence-electron chi connectivity index (χ3n) is 5.75. The van der Waals surface area contributed by atoms with Crippen LogP contribution in [0.15, 0.2) is 89.8 Å². The molecule has 0 fully saturated rings. The van der Waals surface area contributed by atoms with Crippen molar-refractivity contribution in [3.8, 4) is 17.2 Å². The van der Waals surface area contributed by atoms with E-state index in [2.05, 4.69) is 10.0 Å². The average Bonchev–Trinajstić information content (AvgIpc) is 2.91. The van der Waals surface area contributed by atoms with E-state index < -0.39 is 16.1 Å². The zero-order valence-electron chi connectivity index (χ0n) is 20.7. The molecule has 0 aromatic heterocycles. The van der Waals surface area contributed by atoms with E-state index in [1.165, 1.54) is 38.5 Å². The van der Waals surface area contributed by atoms with Crippen molar-refractivity contribution in [1.82, 2.24) is 0 Å². The molecule has 0 aliphatic rings. The number of benzene rings is 4. The van der Waals surface area contributed by atoms with Crippen LogP contribution in [0.25, 0.3) is 10.8 Å². The number of hydrogen-bond acceptors (Lipinski definition) is 6. The summed E-state index contributed by atoms with van der Waals surface area (Å²) >= 11 is 0. The number of methoxy groups -OCH3 is 2. The second-order valence-electron chi connectivity index (χ2n) is 8.21. The third-order valence-corrected chi connectivity index (χ3v) is 7.13. The van der Waals surface area contributed by atoms with Gasteiger partial charge in [0.15, 0.2) is 6.10 Å². The highest BCUT2D eigenvalue weighted by atomic mass is 32.2. The van der Waals surface area contributed by atoms with Crippen LogP contribution < -0.4 is 24.2 Å². The molecule has 192 valence electrons. The van der Waals surface area contributed by atoms with Gasteiger partial charge in [0.05, 0.1) is 24.8 Å². The number of rotatable bonds is 10. The van der Waals surface area contributed by atoms with Crippen LogP contribution in [0.3, 0.4) is 0 Å². The maximum Gasteiger partial charge on any atom is 0.265 e. The van der Waals surface area contributed by atoms with Crippen LogP contribution in [0.1, 0.15) is 13.3 Å². The Balaban J connectivity index is 1.43. The van der Waals surface area contributed by atoms with Crippen molar-refractivity contribution < 1.29 is 27.4 Å². The highest BCUT2D eigenvalue weighted by Gasteiger charge is 2.20. The monoisotopic (exact) mass is 520 g/mol. The van der Waals surface area contributed by atoms with Gasteiger partial charge in [-0.25, -0.2) is 8.42 Å². The van der Waals surface area contributed by atoms with Crippen LogP contribution in [0.2, 0.25) is 0 Å². The topological polar surface area (TPSA) is 103 Å². The van der Waals surface area contributed by atoms with Crippen molar-refractivity contribution in [3.05, 3.63) is 84.9 Å². The molecule has 0 radical (unpaired) electrons. The molecule has 0 heterocycles. The standard InChI is InChI=1S/C28H28N2O6S/c1-4-26(36-23-12-9-19-7-5-6-8-20(19)17-23)28(31)29-21-10-14-24(15-11-21)37(32,33)30-25-16-13-22(34-2)18-27(25)35-3/h5-18,26,30H,4H2,1-3H3,(H,29,31)/t26-/m0/s1. The summed E-state index contributed by atoms with van der Waals surface area (Å²) in [6.07, 6.45) is -0.257. The lowest BCUT2D eigenvalue weighted by atomic mass is 10.1. The highest BCUT2D eigenvalue weighted by Crippen LogP contribution is 2.31. The summed E-state index contributed by atoms with van der Waals surface area (Å²) in [5.41, 5.74) is 0.726. The molecule has 2 N–H and O–H groups in total. The fourth-order valence-corrected chi connectivity index (χ4v) is 4.82. The number of amides is 1. The predicted molar refractivity (Wildman–Crippen MR) is 144 cm³/mol. The first kappa shape index (κ1) is 25.8. The first-order chi connectivity index (χ1) is 17.8. The normalized spacial score (nSPS) is 12.0. The number of carbonyl (C=O) groups excluding carboxylic acids is 1. The Morgan fingerprint density at radius 2 is 1.54 bits per heavy atom. The van der Waals surface area contributed by atoms with Gasteiger partial charge in [0.25, 0.3) is 15.9 Å². The number of hydrogen-bond donors (Lipinski definition) is 2. The summed E-state index contributed by atoms with van der Waals surface area (Å²) in [4.78, 5) is 12.9. The molecule has 0 aliphatic carbocycles. The second kappa shape index (κ2) is 11.2. The van der Waals surface area contributed by atoms with Crippen LogP contribution in [0.5, 0.6) is 17.2 Å². The van der Waals surface area contributed by atoms with E-state index in [0.717, 1.165) is 10.8 Å². The fourth-order valence-electron chi connectivity index (χ4n) is 3.75. The smallest absolute Gasteiger partial charge is 0.265 e. The van der Waals surface area contributed by atoms with Gasteiger partial charge in [-0.3, -0.25) is 9.52 Å². The van der Waals surface area contributed by atoms with Crippen molar-refractivity contribution in [1.29, 1.82) is 0 Å². The lowest BCUT2D eigenvalue weighted by Crippen LogP contribution is -2.32. The molecule has 1 amide bonds. The van der Waals surface area contributed by atoms with E-state index in [1.54, 1.807) is 18.2 Å². The number of sulfonamides is 1. The molecule has 4 aromatic rings. The van der Waals surface area contributed by atoms with Gasteiger partial charge >= 0.3 is 0 Å². The first-order valence-corrected chi connectivity index (χ1v) is 13.1. The SMILES string of the molecule is CC[C@H](Oc1ccc2ccccc2c1)C(=O)Nc1ccc(S(=O)(=O)Nc2ccc(OC)cc2OC)cc1. The van der Waals surface area contributed by atoms with E-state index >= 15 is 0 Å². The van der Waals surface area contributed by atoms with Gasteiger partial charge in [-0.2, -0.15) is 0 Å². The Kier molecular flexibility index (Phi) is 7.83. The van der Waals surface area contributed by atoms with Gasteiger partial charge in [0.1, 0.15) is 17.2 Å². The number of nitrogens with one attached hydrogen (secondary N) is 2. The van der Waals surface area contributed by atoms with Crippen LogP contribution in [0, 0.1) is 0 Å². The molecule has 8 nitrogen and oxygen atoms in total. The number of ether oxygens (including phenoxy) is 3. The number of fused-ring (bicyclic) bond motifs is 1. The molecular formula is C28H28N2O6S. The van der Waals surface area contributed by atoms with Gasteiger partial charge in [0, 0.05) is 11.8 Å². The Morgan fingerprint density at radius 3 is 2.22 bits per heavy atom. The molecular weight excluding hydrogens is 492 g/mol. The van der Waals surface area contributed by atoms with Crippen molar-refractivity contribution in [3.63, 3.8) is 0 Å². The molecule has 4 rings (SSSR count). The summed E-state index contributed by atoms with van der Waals surface area (Å²) in [6.45, 7) is 1.86. The molecule has 4 aromatic carbocycles. The van der Waals surface area contributed by atoms with E-state index in [9.17, 15) is 13.2 Å². The van der Waals surface area contributed by atoms with E-state index in [-0.39, 0.29) is 16.5 Å². The molecule has 0 bridgehead atoms. The van der Waals surface area contributed by atoms with Gasteiger partial charge in [-0.05, 0) is 65.7 Å². The van der Waals surface area contributed by atoms with Gasteiger partial charge in [0.2, 0.25) is 0 Å². The summed E-state index contributed by atoms with van der Waals surface area (Å²) in [5.74, 6) is 1.13. The predicted octanol–water partition coefficient (Wildman–Crippen LogP) is 5.45. The minimum atomic E-state index is -3.90. The molecule has 0 spiro atoms. The van der Waals surface area contributed by atoms with Gasteiger partial charge in [-0.15, -0.1) is 0 Å². The van der Waals surface area contributed by atoms with Crippen LogP contribution in [-0.2, 0) is 14.8 Å². The fraction of sp³-hybridized carbons (Fsp3) is 0.179. The third kappa shape index (κ3) is 6.13. The molecule has 0 saturated carbocycles. The maximum atomic E-state index is 12.9. The lowest BCUT2D eigenvalue weighted by molar-refractivity contribution is -0.122. The molecule has 0 saturated heterocycles.